The molecular formula is C13H26NO. The molecule has 0 atom stereocenters. The van der Waals surface area contributed by atoms with Crippen molar-refractivity contribution < 1.29 is 4.79 Å². The minimum atomic E-state index is 0.287. The highest BCUT2D eigenvalue weighted by atomic mass is 16.2. The third kappa shape index (κ3) is 8.46. The molecule has 89 valence electrons. The molecule has 0 aromatic carbocycles. The standard InChI is InChI=1S/C13H26NO/c1-4-6-7-8-9-10-11-12-13(15)14(3)5-2/h1,4-12H2,2-3H3. The van der Waals surface area contributed by atoms with Crippen molar-refractivity contribution in [3.05, 3.63) is 6.92 Å². The molecule has 0 saturated heterocycles. The molecule has 0 aromatic heterocycles. The van der Waals surface area contributed by atoms with E-state index in [1.54, 1.807) is 4.90 Å². The lowest BCUT2D eigenvalue weighted by molar-refractivity contribution is -0.129. The van der Waals surface area contributed by atoms with E-state index < -0.39 is 0 Å². The van der Waals surface area contributed by atoms with E-state index in [9.17, 15) is 4.79 Å². The zero-order chi connectivity index (χ0) is 11.5. The third-order valence-electron chi connectivity index (χ3n) is 2.79. The van der Waals surface area contributed by atoms with Gasteiger partial charge in [0.2, 0.25) is 5.91 Å². The summed E-state index contributed by atoms with van der Waals surface area (Å²) in [5, 5.41) is 0. The Hall–Kier alpha value is -0.530. The summed E-state index contributed by atoms with van der Waals surface area (Å²) >= 11 is 0. The van der Waals surface area contributed by atoms with Crippen molar-refractivity contribution in [2.75, 3.05) is 13.6 Å². The van der Waals surface area contributed by atoms with Gasteiger partial charge in [0.1, 0.15) is 0 Å². The second kappa shape index (κ2) is 10.0. The summed E-state index contributed by atoms with van der Waals surface area (Å²) in [6, 6.07) is 0. The highest BCUT2D eigenvalue weighted by Crippen LogP contribution is 2.08. The molecule has 0 spiro atoms. The Kier molecular flexibility index (Phi) is 9.65. The average molecular weight is 212 g/mol. The summed E-state index contributed by atoms with van der Waals surface area (Å²) in [7, 11) is 1.87. The van der Waals surface area contributed by atoms with Crippen LogP contribution < -0.4 is 0 Å². The quantitative estimate of drug-likeness (QED) is 0.536. The van der Waals surface area contributed by atoms with Crippen LogP contribution in [0.5, 0.6) is 0 Å². The molecule has 2 heteroatoms. The molecule has 1 amide bonds. The number of unbranched alkanes of at least 4 members (excludes halogenated alkanes) is 6. The molecule has 0 saturated carbocycles. The minimum absolute atomic E-state index is 0.287. The van der Waals surface area contributed by atoms with E-state index in [0.717, 1.165) is 25.8 Å². The fraction of sp³-hybridized carbons (Fsp3) is 0.846. The summed E-state index contributed by atoms with van der Waals surface area (Å²) in [5.41, 5.74) is 0. The second-order valence-corrected chi connectivity index (χ2v) is 4.13. The van der Waals surface area contributed by atoms with Crippen LogP contribution in [0.4, 0.5) is 0 Å². The third-order valence-corrected chi connectivity index (χ3v) is 2.79. The van der Waals surface area contributed by atoms with Crippen molar-refractivity contribution in [3.8, 4) is 0 Å². The smallest absolute Gasteiger partial charge is 0.222 e. The van der Waals surface area contributed by atoms with Crippen molar-refractivity contribution in [2.45, 2.75) is 58.3 Å². The van der Waals surface area contributed by atoms with Gasteiger partial charge in [-0.2, -0.15) is 0 Å². The first-order valence-electron chi connectivity index (χ1n) is 6.25. The lowest BCUT2D eigenvalue weighted by Crippen LogP contribution is -2.25. The van der Waals surface area contributed by atoms with E-state index in [1.165, 1.54) is 32.1 Å². The average Bonchev–Trinajstić information content (AvgIpc) is 2.26. The molecule has 0 N–H and O–H groups in total. The second-order valence-electron chi connectivity index (χ2n) is 4.13. The van der Waals surface area contributed by atoms with Crippen molar-refractivity contribution in [2.24, 2.45) is 0 Å². The molecule has 0 rings (SSSR count). The van der Waals surface area contributed by atoms with Crippen LogP contribution in [0.25, 0.3) is 0 Å². The zero-order valence-corrected chi connectivity index (χ0v) is 10.4. The molecular weight excluding hydrogens is 186 g/mol. The normalized spacial score (nSPS) is 10.3. The molecule has 0 fully saturated rings. The molecule has 0 aliphatic heterocycles. The van der Waals surface area contributed by atoms with Gasteiger partial charge in [-0.1, -0.05) is 45.4 Å². The number of rotatable bonds is 9. The molecule has 0 unspecified atom stereocenters. The van der Waals surface area contributed by atoms with E-state index >= 15 is 0 Å². The Balaban J connectivity index is 3.20. The number of nitrogens with zero attached hydrogens (tertiary/aromatic N) is 1. The van der Waals surface area contributed by atoms with Crippen molar-refractivity contribution >= 4 is 5.91 Å². The van der Waals surface area contributed by atoms with E-state index in [-0.39, 0.29) is 5.91 Å². The van der Waals surface area contributed by atoms with Crippen LogP contribution in [-0.4, -0.2) is 24.4 Å². The van der Waals surface area contributed by atoms with Gasteiger partial charge < -0.3 is 4.90 Å². The monoisotopic (exact) mass is 212 g/mol. The summed E-state index contributed by atoms with van der Waals surface area (Å²) in [5.74, 6) is 0.287. The molecule has 0 bridgehead atoms. The number of carbonyl (C=O) groups excluding carboxylic acids is 1. The Morgan fingerprint density at radius 1 is 1.07 bits per heavy atom. The van der Waals surface area contributed by atoms with E-state index in [1.807, 2.05) is 14.0 Å². The molecule has 1 radical (unpaired) electrons. The van der Waals surface area contributed by atoms with Gasteiger partial charge >= 0.3 is 0 Å². The largest absolute Gasteiger partial charge is 0.346 e. The Morgan fingerprint density at radius 2 is 1.60 bits per heavy atom. The van der Waals surface area contributed by atoms with Crippen LogP contribution in [0.1, 0.15) is 58.3 Å². The van der Waals surface area contributed by atoms with Crippen LogP contribution in [0.3, 0.4) is 0 Å². The zero-order valence-electron chi connectivity index (χ0n) is 10.4. The molecule has 0 aliphatic rings. The van der Waals surface area contributed by atoms with Gasteiger partial charge in [-0.3, -0.25) is 4.79 Å². The van der Waals surface area contributed by atoms with E-state index in [2.05, 4.69) is 6.92 Å². The predicted octanol–water partition coefficient (Wildman–Crippen LogP) is 3.42. The SMILES string of the molecule is [CH2]CCCCCCCCC(=O)N(C)CC. The van der Waals surface area contributed by atoms with Crippen molar-refractivity contribution in [1.29, 1.82) is 0 Å². The van der Waals surface area contributed by atoms with E-state index in [0.29, 0.717) is 0 Å². The molecule has 0 aliphatic carbocycles. The summed E-state index contributed by atoms with van der Waals surface area (Å²) < 4.78 is 0. The van der Waals surface area contributed by atoms with Gasteiger partial charge in [-0.15, -0.1) is 0 Å². The first-order valence-corrected chi connectivity index (χ1v) is 6.25. The fourth-order valence-corrected chi connectivity index (χ4v) is 1.53. The summed E-state index contributed by atoms with van der Waals surface area (Å²) in [6.45, 7) is 6.65. The molecule has 0 aromatic rings. The van der Waals surface area contributed by atoms with Crippen molar-refractivity contribution in [1.82, 2.24) is 4.90 Å². The van der Waals surface area contributed by atoms with Gasteiger partial charge in [-0.25, -0.2) is 0 Å². The van der Waals surface area contributed by atoms with Gasteiger partial charge in [0.25, 0.3) is 0 Å². The maximum Gasteiger partial charge on any atom is 0.222 e. The number of hydrogen-bond donors (Lipinski definition) is 0. The first kappa shape index (κ1) is 14.5. The molecule has 0 heterocycles. The van der Waals surface area contributed by atoms with Crippen LogP contribution in [0.2, 0.25) is 0 Å². The van der Waals surface area contributed by atoms with Gasteiger partial charge in [-0.05, 0) is 13.3 Å². The highest BCUT2D eigenvalue weighted by molar-refractivity contribution is 5.75. The fourth-order valence-electron chi connectivity index (χ4n) is 1.53. The van der Waals surface area contributed by atoms with Gasteiger partial charge in [0.15, 0.2) is 0 Å². The number of amides is 1. The highest BCUT2D eigenvalue weighted by Gasteiger charge is 2.04. The van der Waals surface area contributed by atoms with Crippen LogP contribution in [0, 0.1) is 6.92 Å². The van der Waals surface area contributed by atoms with Crippen molar-refractivity contribution in [3.63, 3.8) is 0 Å². The van der Waals surface area contributed by atoms with Crippen LogP contribution in [0.15, 0.2) is 0 Å². The Labute approximate surface area is 95.0 Å². The molecule has 2 nitrogen and oxygen atoms in total. The van der Waals surface area contributed by atoms with Crippen LogP contribution in [-0.2, 0) is 4.79 Å². The summed E-state index contributed by atoms with van der Waals surface area (Å²) in [6.07, 6.45) is 9.13. The topological polar surface area (TPSA) is 20.3 Å². The lowest BCUT2D eigenvalue weighted by atomic mass is 10.1. The van der Waals surface area contributed by atoms with Gasteiger partial charge in [0.05, 0.1) is 0 Å². The summed E-state index contributed by atoms with van der Waals surface area (Å²) in [4.78, 5) is 13.2. The predicted molar refractivity (Wildman–Crippen MR) is 65.6 cm³/mol. The minimum Gasteiger partial charge on any atom is -0.346 e. The number of hydrogen-bond acceptors (Lipinski definition) is 1. The van der Waals surface area contributed by atoms with E-state index in [4.69, 9.17) is 0 Å². The lowest BCUT2D eigenvalue weighted by Gasteiger charge is -2.13. The Morgan fingerprint density at radius 3 is 2.13 bits per heavy atom. The van der Waals surface area contributed by atoms with Gasteiger partial charge in [0, 0.05) is 20.0 Å². The maximum absolute atomic E-state index is 11.4. The first-order chi connectivity index (χ1) is 7.22. The number of carbonyl (C=O) groups is 1. The maximum atomic E-state index is 11.4. The van der Waals surface area contributed by atoms with Crippen LogP contribution >= 0.6 is 0 Å². The molecule has 15 heavy (non-hydrogen) atoms. The Bertz CT molecular complexity index is 157.